The summed E-state index contributed by atoms with van der Waals surface area (Å²) in [5.41, 5.74) is 11.3. The van der Waals surface area contributed by atoms with Gasteiger partial charge in [0.15, 0.2) is 0 Å². The molecule has 0 fully saturated rings. The normalized spacial score (nSPS) is 14.2. The van der Waals surface area contributed by atoms with Crippen molar-refractivity contribution in [1.82, 2.24) is 0 Å². The van der Waals surface area contributed by atoms with Gasteiger partial charge in [0.1, 0.15) is 0 Å². The number of hydrogen-bond donors (Lipinski definition) is 1. The minimum absolute atomic E-state index is 0.378. The van der Waals surface area contributed by atoms with Crippen molar-refractivity contribution >= 4 is 15.9 Å². The average molecular weight is 318 g/mol. The van der Waals surface area contributed by atoms with Crippen molar-refractivity contribution < 1.29 is 0 Å². The molecular formula is C17H20BrN. The zero-order valence-electron chi connectivity index (χ0n) is 11.7. The Morgan fingerprint density at radius 3 is 2.16 bits per heavy atom. The standard InChI is InChI=1S/C17H20BrN/c1-12-7-6-8-13(2)14(12)11-17(3,19)15-9-4-5-10-16(15)18/h4-10H,11,19H2,1-3H3. The molecule has 0 amide bonds. The van der Waals surface area contributed by atoms with Crippen LogP contribution in [0.1, 0.15) is 29.2 Å². The van der Waals surface area contributed by atoms with E-state index in [2.05, 4.69) is 61.0 Å². The lowest BCUT2D eigenvalue weighted by Gasteiger charge is -2.28. The van der Waals surface area contributed by atoms with Gasteiger partial charge in [0.25, 0.3) is 0 Å². The zero-order chi connectivity index (χ0) is 14.0. The first kappa shape index (κ1) is 14.3. The van der Waals surface area contributed by atoms with Crippen molar-refractivity contribution in [2.75, 3.05) is 0 Å². The van der Waals surface area contributed by atoms with Gasteiger partial charge in [-0.05, 0) is 55.5 Å². The summed E-state index contributed by atoms with van der Waals surface area (Å²) < 4.78 is 1.08. The molecule has 100 valence electrons. The van der Waals surface area contributed by atoms with Crippen molar-refractivity contribution in [3.63, 3.8) is 0 Å². The molecule has 1 nitrogen and oxygen atoms in total. The molecular weight excluding hydrogens is 298 g/mol. The number of halogens is 1. The molecule has 2 aromatic carbocycles. The lowest BCUT2D eigenvalue weighted by Crippen LogP contribution is -2.36. The highest BCUT2D eigenvalue weighted by atomic mass is 79.9. The maximum Gasteiger partial charge on any atom is 0.0433 e. The largest absolute Gasteiger partial charge is 0.321 e. The van der Waals surface area contributed by atoms with Crippen LogP contribution in [0.4, 0.5) is 0 Å². The first-order chi connectivity index (χ1) is 8.92. The van der Waals surface area contributed by atoms with Crippen LogP contribution in [0.2, 0.25) is 0 Å². The molecule has 0 aliphatic heterocycles. The summed E-state index contributed by atoms with van der Waals surface area (Å²) in [6, 6.07) is 14.6. The molecule has 0 heterocycles. The van der Waals surface area contributed by atoms with E-state index in [1.165, 1.54) is 16.7 Å². The number of benzene rings is 2. The molecule has 2 aromatic rings. The first-order valence-corrected chi connectivity index (χ1v) is 7.30. The first-order valence-electron chi connectivity index (χ1n) is 6.51. The molecule has 2 N–H and O–H groups in total. The van der Waals surface area contributed by atoms with Gasteiger partial charge in [0.05, 0.1) is 0 Å². The monoisotopic (exact) mass is 317 g/mol. The summed E-state index contributed by atoms with van der Waals surface area (Å²) in [6.07, 6.45) is 0.841. The predicted octanol–water partition coefficient (Wildman–Crippen LogP) is 4.48. The van der Waals surface area contributed by atoms with Crippen LogP contribution >= 0.6 is 15.9 Å². The van der Waals surface area contributed by atoms with Crippen LogP contribution in [0.5, 0.6) is 0 Å². The van der Waals surface area contributed by atoms with Gasteiger partial charge in [-0.25, -0.2) is 0 Å². The Bertz CT molecular complexity index is 567. The maximum absolute atomic E-state index is 6.58. The SMILES string of the molecule is Cc1cccc(C)c1CC(C)(N)c1ccccc1Br. The van der Waals surface area contributed by atoms with Gasteiger partial charge in [-0.1, -0.05) is 52.3 Å². The van der Waals surface area contributed by atoms with Gasteiger partial charge in [-0.3, -0.25) is 0 Å². The van der Waals surface area contributed by atoms with Crippen molar-refractivity contribution in [3.05, 3.63) is 69.2 Å². The molecule has 2 rings (SSSR count). The minimum Gasteiger partial charge on any atom is -0.321 e. The Labute approximate surface area is 124 Å². The molecule has 0 aliphatic rings. The third-order valence-corrected chi connectivity index (χ3v) is 4.37. The second-order valence-corrected chi connectivity index (χ2v) is 6.30. The Morgan fingerprint density at radius 2 is 1.58 bits per heavy atom. The van der Waals surface area contributed by atoms with Gasteiger partial charge >= 0.3 is 0 Å². The van der Waals surface area contributed by atoms with E-state index in [0.29, 0.717) is 0 Å². The highest BCUT2D eigenvalue weighted by molar-refractivity contribution is 9.10. The second-order valence-electron chi connectivity index (χ2n) is 5.44. The molecule has 19 heavy (non-hydrogen) atoms. The average Bonchev–Trinajstić information content (AvgIpc) is 2.34. The number of rotatable bonds is 3. The smallest absolute Gasteiger partial charge is 0.0433 e. The molecule has 0 saturated heterocycles. The van der Waals surface area contributed by atoms with Crippen LogP contribution < -0.4 is 5.73 Å². The summed E-state index contributed by atoms with van der Waals surface area (Å²) in [7, 11) is 0. The van der Waals surface area contributed by atoms with Gasteiger partial charge in [-0.15, -0.1) is 0 Å². The van der Waals surface area contributed by atoms with Gasteiger partial charge in [0, 0.05) is 10.0 Å². The summed E-state index contributed by atoms with van der Waals surface area (Å²) in [4.78, 5) is 0. The number of nitrogens with two attached hydrogens (primary N) is 1. The number of hydrogen-bond acceptors (Lipinski definition) is 1. The molecule has 1 atom stereocenters. The van der Waals surface area contributed by atoms with E-state index in [1.807, 2.05) is 18.2 Å². The molecule has 0 bridgehead atoms. The van der Waals surface area contributed by atoms with E-state index < -0.39 is 0 Å². The molecule has 0 saturated carbocycles. The molecule has 0 aromatic heterocycles. The quantitative estimate of drug-likeness (QED) is 0.887. The Balaban J connectivity index is 2.39. The third-order valence-electron chi connectivity index (χ3n) is 3.68. The summed E-state index contributed by atoms with van der Waals surface area (Å²) in [5.74, 6) is 0. The van der Waals surface area contributed by atoms with E-state index in [0.717, 1.165) is 16.5 Å². The van der Waals surface area contributed by atoms with Gasteiger partial charge in [-0.2, -0.15) is 0 Å². The van der Waals surface area contributed by atoms with E-state index in [4.69, 9.17) is 5.73 Å². The molecule has 2 heteroatoms. The Hall–Kier alpha value is -1.12. The highest BCUT2D eigenvalue weighted by Gasteiger charge is 2.25. The van der Waals surface area contributed by atoms with Crippen molar-refractivity contribution in [2.24, 2.45) is 5.73 Å². The van der Waals surface area contributed by atoms with E-state index in [-0.39, 0.29) is 5.54 Å². The van der Waals surface area contributed by atoms with Crippen LogP contribution in [0, 0.1) is 13.8 Å². The highest BCUT2D eigenvalue weighted by Crippen LogP contribution is 2.30. The maximum atomic E-state index is 6.58. The Kier molecular flexibility index (Phi) is 4.12. The lowest BCUT2D eigenvalue weighted by molar-refractivity contribution is 0.487. The van der Waals surface area contributed by atoms with Crippen molar-refractivity contribution in [1.29, 1.82) is 0 Å². The fourth-order valence-electron chi connectivity index (χ4n) is 2.51. The van der Waals surface area contributed by atoms with E-state index >= 15 is 0 Å². The van der Waals surface area contributed by atoms with Crippen LogP contribution in [-0.4, -0.2) is 0 Å². The van der Waals surface area contributed by atoms with Gasteiger partial charge in [0.2, 0.25) is 0 Å². The topological polar surface area (TPSA) is 26.0 Å². The van der Waals surface area contributed by atoms with Crippen LogP contribution in [0.15, 0.2) is 46.9 Å². The van der Waals surface area contributed by atoms with Crippen LogP contribution in [0.25, 0.3) is 0 Å². The zero-order valence-corrected chi connectivity index (χ0v) is 13.3. The minimum atomic E-state index is -0.378. The fourth-order valence-corrected chi connectivity index (χ4v) is 3.25. The fraction of sp³-hybridized carbons (Fsp3) is 0.294. The lowest BCUT2D eigenvalue weighted by atomic mass is 9.84. The summed E-state index contributed by atoms with van der Waals surface area (Å²) >= 11 is 3.60. The van der Waals surface area contributed by atoms with Crippen LogP contribution in [0.3, 0.4) is 0 Å². The second kappa shape index (κ2) is 5.48. The van der Waals surface area contributed by atoms with E-state index in [1.54, 1.807) is 0 Å². The summed E-state index contributed by atoms with van der Waals surface area (Å²) in [6.45, 7) is 6.40. The van der Waals surface area contributed by atoms with Crippen molar-refractivity contribution in [2.45, 2.75) is 32.7 Å². The third kappa shape index (κ3) is 3.07. The Morgan fingerprint density at radius 1 is 1.00 bits per heavy atom. The molecule has 1 unspecified atom stereocenters. The summed E-state index contributed by atoms with van der Waals surface area (Å²) in [5, 5.41) is 0. The van der Waals surface area contributed by atoms with E-state index in [9.17, 15) is 0 Å². The van der Waals surface area contributed by atoms with Crippen LogP contribution in [-0.2, 0) is 12.0 Å². The number of aryl methyl sites for hydroxylation is 2. The molecule has 0 radical (unpaired) electrons. The predicted molar refractivity (Wildman–Crippen MR) is 85.3 cm³/mol. The molecule has 0 spiro atoms. The molecule has 0 aliphatic carbocycles. The van der Waals surface area contributed by atoms with Crippen molar-refractivity contribution in [3.8, 4) is 0 Å². The van der Waals surface area contributed by atoms with Gasteiger partial charge < -0.3 is 5.73 Å².